The largest absolute Gasteiger partial charge is 0.479 e. The zero-order valence-electron chi connectivity index (χ0n) is 11.4. The van der Waals surface area contributed by atoms with E-state index in [-0.39, 0.29) is 25.3 Å². The Bertz CT molecular complexity index is 587. The molecule has 2 aliphatic heterocycles. The number of carboxylic acid groups (broad SMARTS) is 1. The number of fused-ring (bicyclic) bond motifs is 1. The Hall–Kier alpha value is -2.28. The smallest absolute Gasteiger partial charge is 0.334 e. The second kappa shape index (κ2) is 5.25. The Kier molecular flexibility index (Phi) is 3.42. The van der Waals surface area contributed by atoms with Crippen molar-refractivity contribution in [2.45, 2.75) is 19.1 Å². The van der Waals surface area contributed by atoms with E-state index >= 15 is 0 Å². The van der Waals surface area contributed by atoms with Gasteiger partial charge in [-0.2, -0.15) is 0 Å². The Balaban J connectivity index is 1.79. The minimum absolute atomic E-state index is 0.0347. The van der Waals surface area contributed by atoms with Gasteiger partial charge in [-0.1, -0.05) is 0 Å². The lowest BCUT2D eigenvalue weighted by molar-refractivity contribution is -0.160. The highest BCUT2D eigenvalue weighted by molar-refractivity contribution is 5.95. The normalized spacial score (nSPS) is 24.0. The van der Waals surface area contributed by atoms with Gasteiger partial charge in [0.2, 0.25) is 6.79 Å². The van der Waals surface area contributed by atoms with Crippen LogP contribution in [-0.4, -0.2) is 54.0 Å². The molecule has 1 fully saturated rings. The molecule has 7 nitrogen and oxygen atoms in total. The van der Waals surface area contributed by atoms with Crippen molar-refractivity contribution in [2.24, 2.45) is 0 Å². The van der Waals surface area contributed by atoms with Gasteiger partial charge in [0.1, 0.15) is 0 Å². The Morgan fingerprint density at radius 1 is 1.24 bits per heavy atom. The number of amides is 1. The number of ether oxygens (including phenoxy) is 3. The summed E-state index contributed by atoms with van der Waals surface area (Å²) in [6.07, 6.45) is -1.32. The number of nitrogens with zero attached hydrogens (tertiary/aromatic N) is 1. The summed E-state index contributed by atoms with van der Waals surface area (Å²) in [5.41, 5.74) is 0.442. The minimum Gasteiger partial charge on any atom is -0.479 e. The first-order chi connectivity index (χ1) is 10.0. The van der Waals surface area contributed by atoms with E-state index in [1.54, 1.807) is 25.1 Å². The first-order valence-corrected chi connectivity index (χ1v) is 6.62. The number of rotatable bonds is 2. The maximum Gasteiger partial charge on any atom is 0.334 e. The van der Waals surface area contributed by atoms with Crippen molar-refractivity contribution in [1.82, 2.24) is 4.90 Å². The van der Waals surface area contributed by atoms with Crippen molar-refractivity contribution >= 4 is 11.9 Å². The molecular weight excluding hydrogens is 278 g/mol. The lowest BCUT2D eigenvalue weighted by Gasteiger charge is -2.35. The van der Waals surface area contributed by atoms with Gasteiger partial charge in [-0.25, -0.2) is 4.79 Å². The van der Waals surface area contributed by atoms with Gasteiger partial charge in [0.15, 0.2) is 17.6 Å². The van der Waals surface area contributed by atoms with E-state index in [1.165, 1.54) is 4.90 Å². The second-order valence-corrected chi connectivity index (χ2v) is 5.05. The van der Waals surface area contributed by atoms with Gasteiger partial charge in [0.25, 0.3) is 5.91 Å². The molecule has 0 radical (unpaired) electrons. The van der Waals surface area contributed by atoms with E-state index < -0.39 is 12.1 Å². The highest BCUT2D eigenvalue weighted by atomic mass is 16.7. The third-order valence-electron chi connectivity index (χ3n) is 3.44. The van der Waals surface area contributed by atoms with Crippen LogP contribution in [0.15, 0.2) is 18.2 Å². The van der Waals surface area contributed by atoms with Crippen LogP contribution in [0.2, 0.25) is 0 Å². The first-order valence-electron chi connectivity index (χ1n) is 6.62. The van der Waals surface area contributed by atoms with Gasteiger partial charge < -0.3 is 24.2 Å². The number of hydrogen-bond donors (Lipinski definition) is 1. The number of carbonyl (C=O) groups is 2. The summed E-state index contributed by atoms with van der Waals surface area (Å²) in [4.78, 5) is 25.0. The lowest BCUT2D eigenvalue weighted by atomic mass is 10.1. The molecular formula is C14H15NO6. The van der Waals surface area contributed by atoms with Crippen molar-refractivity contribution in [2.75, 3.05) is 19.9 Å². The Labute approximate surface area is 121 Å². The molecule has 1 N–H and O–H groups in total. The van der Waals surface area contributed by atoms with Crippen molar-refractivity contribution in [3.05, 3.63) is 23.8 Å². The number of aliphatic carboxylic acids is 1. The molecule has 1 aromatic carbocycles. The minimum atomic E-state index is -1.06. The average molecular weight is 293 g/mol. The summed E-state index contributed by atoms with van der Waals surface area (Å²) in [6, 6.07) is 4.93. The van der Waals surface area contributed by atoms with Gasteiger partial charge in [-0.15, -0.1) is 0 Å². The molecule has 2 heterocycles. The number of carbonyl (C=O) groups excluding carboxylic acids is 1. The molecule has 21 heavy (non-hydrogen) atoms. The fourth-order valence-electron chi connectivity index (χ4n) is 2.47. The average Bonchev–Trinajstić information content (AvgIpc) is 2.93. The molecule has 1 unspecified atom stereocenters. The molecule has 1 aromatic rings. The second-order valence-electron chi connectivity index (χ2n) is 5.05. The standard InChI is InChI=1S/C14H15NO6/c1-8-5-15(6-12(21-8)14(17)18)13(16)9-2-3-10-11(4-9)20-7-19-10/h2-4,8,12H,5-7H2,1H3,(H,17,18)/t8-,12?/m1/s1. The van der Waals surface area contributed by atoms with Crippen LogP contribution in [-0.2, 0) is 9.53 Å². The van der Waals surface area contributed by atoms with E-state index in [4.69, 9.17) is 19.3 Å². The van der Waals surface area contributed by atoms with Crippen LogP contribution in [0, 0.1) is 0 Å². The molecule has 0 spiro atoms. The van der Waals surface area contributed by atoms with Crippen LogP contribution in [0.25, 0.3) is 0 Å². The van der Waals surface area contributed by atoms with E-state index in [0.717, 1.165) is 0 Å². The molecule has 112 valence electrons. The van der Waals surface area contributed by atoms with Gasteiger partial charge in [-0.3, -0.25) is 4.79 Å². The molecule has 2 aliphatic rings. The van der Waals surface area contributed by atoms with Crippen LogP contribution >= 0.6 is 0 Å². The maximum atomic E-state index is 12.5. The molecule has 0 bridgehead atoms. The highest BCUT2D eigenvalue weighted by Gasteiger charge is 2.33. The summed E-state index contributed by atoms with van der Waals surface area (Å²) >= 11 is 0. The van der Waals surface area contributed by atoms with E-state index in [1.807, 2.05) is 0 Å². The summed E-state index contributed by atoms with van der Waals surface area (Å²) in [5, 5.41) is 9.05. The SMILES string of the molecule is C[C@@H]1CN(C(=O)c2ccc3c(c2)OCO3)CC(C(=O)O)O1. The van der Waals surface area contributed by atoms with Crippen molar-refractivity contribution in [1.29, 1.82) is 0 Å². The van der Waals surface area contributed by atoms with E-state index in [9.17, 15) is 9.59 Å². The van der Waals surface area contributed by atoms with Gasteiger partial charge in [0, 0.05) is 12.1 Å². The number of carboxylic acids is 1. The number of hydrogen-bond acceptors (Lipinski definition) is 5. The summed E-state index contributed by atoms with van der Waals surface area (Å²) in [5.74, 6) is -0.179. The highest BCUT2D eigenvalue weighted by Crippen LogP contribution is 2.33. The third kappa shape index (κ3) is 2.64. The molecule has 3 rings (SSSR count). The summed E-state index contributed by atoms with van der Waals surface area (Å²) in [7, 11) is 0. The van der Waals surface area contributed by atoms with E-state index in [2.05, 4.69) is 0 Å². The molecule has 2 atom stereocenters. The van der Waals surface area contributed by atoms with Crippen molar-refractivity contribution in [3.8, 4) is 11.5 Å². The predicted molar refractivity (Wildman–Crippen MR) is 70.4 cm³/mol. The molecule has 0 aliphatic carbocycles. The zero-order chi connectivity index (χ0) is 15.0. The van der Waals surface area contributed by atoms with Crippen LogP contribution in [0.4, 0.5) is 0 Å². The van der Waals surface area contributed by atoms with Gasteiger partial charge in [-0.05, 0) is 25.1 Å². The van der Waals surface area contributed by atoms with Crippen molar-refractivity contribution < 1.29 is 28.9 Å². The Morgan fingerprint density at radius 2 is 2.00 bits per heavy atom. The molecule has 7 heteroatoms. The molecule has 0 aromatic heterocycles. The maximum absolute atomic E-state index is 12.5. The molecule has 1 saturated heterocycles. The van der Waals surface area contributed by atoms with Crippen LogP contribution in [0.5, 0.6) is 11.5 Å². The first kappa shape index (κ1) is 13.7. The zero-order valence-corrected chi connectivity index (χ0v) is 11.4. The number of benzene rings is 1. The quantitative estimate of drug-likeness (QED) is 0.865. The third-order valence-corrected chi connectivity index (χ3v) is 3.44. The van der Waals surface area contributed by atoms with Gasteiger partial charge in [0.05, 0.1) is 12.6 Å². The van der Waals surface area contributed by atoms with Crippen LogP contribution < -0.4 is 9.47 Å². The Morgan fingerprint density at radius 3 is 2.76 bits per heavy atom. The lowest BCUT2D eigenvalue weighted by Crippen LogP contribution is -2.51. The monoisotopic (exact) mass is 293 g/mol. The topological polar surface area (TPSA) is 85.3 Å². The summed E-state index contributed by atoms with van der Waals surface area (Å²) in [6.45, 7) is 2.28. The predicted octanol–water partition coefficient (Wildman–Crippen LogP) is 0.729. The summed E-state index contributed by atoms with van der Waals surface area (Å²) < 4.78 is 15.7. The fourth-order valence-corrected chi connectivity index (χ4v) is 2.47. The molecule has 0 saturated carbocycles. The van der Waals surface area contributed by atoms with Gasteiger partial charge >= 0.3 is 5.97 Å². The van der Waals surface area contributed by atoms with Crippen molar-refractivity contribution in [3.63, 3.8) is 0 Å². The van der Waals surface area contributed by atoms with E-state index in [0.29, 0.717) is 23.6 Å². The van der Waals surface area contributed by atoms with Crippen LogP contribution in [0.1, 0.15) is 17.3 Å². The number of morpholine rings is 1. The molecule has 1 amide bonds. The van der Waals surface area contributed by atoms with Crippen LogP contribution in [0.3, 0.4) is 0 Å². The fraction of sp³-hybridized carbons (Fsp3) is 0.429.